The molecule has 0 amide bonds. The van der Waals surface area contributed by atoms with Crippen LogP contribution in [0.25, 0.3) is 0 Å². The lowest BCUT2D eigenvalue weighted by molar-refractivity contribution is -0.263. The van der Waals surface area contributed by atoms with Crippen molar-refractivity contribution in [1.82, 2.24) is 5.12 Å². The van der Waals surface area contributed by atoms with E-state index in [4.69, 9.17) is 0 Å². The van der Waals surface area contributed by atoms with Gasteiger partial charge in [-0.3, -0.25) is 0 Å². The molecule has 1 rings (SSSR count). The van der Waals surface area contributed by atoms with Crippen LogP contribution in [-0.4, -0.2) is 11.2 Å². The van der Waals surface area contributed by atoms with Crippen molar-refractivity contribution in [2.24, 2.45) is 0 Å². The van der Waals surface area contributed by atoms with E-state index < -0.39 is 12.1 Å². The van der Waals surface area contributed by atoms with E-state index in [2.05, 4.69) is 0 Å². The Hall–Kier alpha value is -1.03. The molecule has 0 radical (unpaired) electrons. The predicted molar refractivity (Wildman–Crippen MR) is 57.7 cm³/mol. The maximum absolute atomic E-state index is 13.7. The first kappa shape index (κ1) is 13.0. The number of hydrogen-bond donors (Lipinski definition) is 0. The Morgan fingerprint density at radius 3 is 2.31 bits per heavy atom. The van der Waals surface area contributed by atoms with Crippen LogP contribution in [0.3, 0.4) is 0 Å². The number of hydrogen-bond acceptors (Lipinski definition) is 1. The van der Waals surface area contributed by atoms with Gasteiger partial charge >= 0.3 is 6.05 Å². The minimum absolute atomic E-state index is 0.319. The van der Waals surface area contributed by atoms with E-state index in [0.717, 1.165) is 0 Å². The third-order valence-corrected chi connectivity index (χ3v) is 2.48. The largest absolute Gasteiger partial charge is 0.356 e. The van der Waals surface area contributed by atoms with Crippen molar-refractivity contribution in [3.8, 4) is 0 Å². The van der Waals surface area contributed by atoms with Crippen molar-refractivity contribution in [1.29, 1.82) is 0 Å². The summed E-state index contributed by atoms with van der Waals surface area (Å²) in [7, 11) is 0. The SMILES string of the molecule is CCCC(C)N(F)C(F)(F)c1ccccc1. The van der Waals surface area contributed by atoms with Gasteiger partial charge in [0.15, 0.2) is 0 Å². The Morgan fingerprint density at radius 2 is 1.81 bits per heavy atom. The quantitative estimate of drug-likeness (QED) is 0.544. The molecule has 4 heteroatoms. The van der Waals surface area contributed by atoms with Gasteiger partial charge in [0.2, 0.25) is 0 Å². The molecule has 0 aliphatic carbocycles. The first-order chi connectivity index (χ1) is 7.50. The molecule has 1 unspecified atom stereocenters. The van der Waals surface area contributed by atoms with Crippen LogP contribution in [0.15, 0.2) is 30.3 Å². The van der Waals surface area contributed by atoms with Crippen LogP contribution >= 0.6 is 0 Å². The summed E-state index contributed by atoms with van der Waals surface area (Å²) in [5.41, 5.74) is -0.319. The second kappa shape index (κ2) is 5.34. The van der Waals surface area contributed by atoms with E-state index in [1.807, 2.05) is 6.92 Å². The van der Waals surface area contributed by atoms with Gasteiger partial charge in [0, 0.05) is 11.6 Å². The molecule has 0 aromatic heterocycles. The number of alkyl halides is 2. The molecule has 1 aromatic carbocycles. The third kappa shape index (κ3) is 2.76. The van der Waals surface area contributed by atoms with Crippen LogP contribution in [0.2, 0.25) is 0 Å². The molecule has 90 valence electrons. The van der Waals surface area contributed by atoms with E-state index in [0.29, 0.717) is 12.8 Å². The van der Waals surface area contributed by atoms with Crippen LogP contribution in [0.1, 0.15) is 32.3 Å². The maximum atomic E-state index is 13.7. The average Bonchev–Trinajstić information content (AvgIpc) is 2.29. The second-order valence-corrected chi connectivity index (χ2v) is 3.86. The van der Waals surface area contributed by atoms with Crippen LogP contribution in [0.4, 0.5) is 13.3 Å². The smallest absolute Gasteiger partial charge is 0.181 e. The maximum Gasteiger partial charge on any atom is 0.356 e. The van der Waals surface area contributed by atoms with E-state index >= 15 is 0 Å². The molecule has 0 spiro atoms. The minimum Gasteiger partial charge on any atom is -0.181 e. The van der Waals surface area contributed by atoms with Gasteiger partial charge in [0.05, 0.1) is 0 Å². The number of halogens is 3. The predicted octanol–water partition coefficient (Wildman–Crippen LogP) is 4.11. The number of nitrogens with zero attached hydrogens (tertiary/aromatic N) is 1. The van der Waals surface area contributed by atoms with Gasteiger partial charge in [0.25, 0.3) is 0 Å². The molecule has 0 N–H and O–H groups in total. The molecule has 0 heterocycles. The molecular weight excluding hydrogens is 215 g/mol. The van der Waals surface area contributed by atoms with Crippen LogP contribution in [0, 0.1) is 0 Å². The summed E-state index contributed by atoms with van der Waals surface area (Å²) in [5, 5.41) is -0.355. The minimum atomic E-state index is -3.56. The summed E-state index contributed by atoms with van der Waals surface area (Å²) in [6.45, 7) is 3.30. The Balaban J connectivity index is 2.85. The van der Waals surface area contributed by atoms with Gasteiger partial charge in [-0.05, 0) is 13.3 Å². The lowest BCUT2D eigenvalue weighted by atomic mass is 10.1. The van der Waals surface area contributed by atoms with Gasteiger partial charge in [0.1, 0.15) is 0 Å². The van der Waals surface area contributed by atoms with E-state index in [1.54, 1.807) is 6.07 Å². The molecule has 0 aliphatic rings. The van der Waals surface area contributed by atoms with E-state index in [9.17, 15) is 13.3 Å². The molecule has 1 atom stereocenters. The fourth-order valence-electron chi connectivity index (χ4n) is 1.57. The fourth-order valence-corrected chi connectivity index (χ4v) is 1.57. The van der Waals surface area contributed by atoms with E-state index in [-0.39, 0.29) is 10.7 Å². The molecule has 1 nitrogen and oxygen atoms in total. The summed E-state index contributed by atoms with van der Waals surface area (Å²) in [4.78, 5) is 0. The zero-order valence-corrected chi connectivity index (χ0v) is 9.46. The summed E-state index contributed by atoms with van der Waals surface area (Å²) >= 11 is 0. The van der Waals surface area contributed by atoms with Crippen molar-refractivity contribution in [2.45, 2.75) is 38.8 Å². The first-order valence-electron chi connectivity index (χ1n) is 5.38. The summed E-state index contributed by atoms with van der Waals surface area (Å²) < 4.78 is 40.9. The van der Waals surface area contributed by atoms with Gasteiger partial charge in [-0.2, -0.15) is 8.78 Å². The van der Waals surface area contributed by atoms with Crippen LogP contribution in [-0.2, 0) is 6.05 Å². The topological polar surface area (TPSA) is 3.24 Å². The van der Waals surface area contributed by atoms with E-state index in [1.165, 1.54) is 31.2 Å². The lowest BCUT2D eigenvalue weighted by Crippen LogP contribution is -2.39. The Bertz CT molecular complexity index is 313. The summed E-state index contributed by atoms with van der Waals surface area (Å²) in [6, 6.07) is 2.67. The summed E-state index contributed by atoms with van der Waals surface area (Å²) in [6.07, 6.45) is 1.07. The molecule has 0 bridgehead atoms. The molecule has 0 saturated carbocycles. The normalized spacial score (nSPS) is 14.1. The first-order valence-corrected chi connectivity index (χ1v) is 5.38. The van der Waals surface area contributed by atoms with Gasteiger partial charge in [-0.25, -0.2) is 0 Å². The Morgan fingerprint density at radius 1 is 1.25 bits per heavy atom. The van der Waals surface area contributed by atoms with Gasteiger partial charge in [-0.15, -0.1) is 4.48 Å². The van der Waals surface area contributed by atoms with Gasteiger partial charge in [-0.1, -0.05) is 48.8 Å². The molecule has 0 fully saturated rings. The van der Waals surface area contributed by atoms with Crippen molar-refractivity contribution < 1.29 is 13.3 Å². The zero-order valence-electron chi connectivity index (χ0n) is 9.46. The number of rotatable bonds is 5. The molecule has 0 aliphatic heterocycles. The Kier molecular flexibility index (Phi) is 4.35. The highest BCUT2D eigenvalue weighted by molar-refractivity contribution is 5.19. The zero-order chi connectivity index (χ0) is 12.2. The summed E-state index contributed by atoms with van der Waals surface area (Å²) in [5.74, 6) is 0. The fraction of sp³-hybridized carbons (Fsp3) is 0.500. The highest BCUT2D eigenvalue weighted by atomic mass is 19.3. The molecular formula is C12H16F3N. The van der Waals surface area contributed by atoms with Gasteiger partial charge < -0.3 is 0 Å². The van der Waals surface area contributed by atoms with Crippen LogP contribution < -0.4 is 0 Å². The van der Waals surface area contributed by atoms with Crippen molar-refractivity contribution in [3.05, 3.63) is 35.9 Å². The monoisotopic (exact) mass is 231 g/mol. The average molecular weight is 231 g/mol. The second-order valence-electron chi connectivity index (χ2n) is 3.86. The number of benzene rings is 1. The third-order valence-electron chi connectivity index (χ3n) is 2.48. The van der Waals surface area contributed by atoms with Crippen molar-refractivity contribution in [3.63, 3.8) is 0 Å². The lowest BCUT2D eigenvalue weighted by Gasteiger charge is -2.28. The molecule has 16 heavy (non-hydrogen) atoms. The highest BCUT2D eigenvalue weighted by Crippen LogP contribution is 2.34. The van der Waals surface area contributed by atoms with Crippen LogP contribution in [0.5, 0.6) is 0 Å². The highest BCUT2D eigenvalue weighted by Gasteiger charge is 2.42. The molecule has 1 aromatic rings. The van der Waals surface area contributed by atoms with Crippen molar-refractivity contribution >= 4 is 0 Å². The molecule has 0 saturated heterocycles. The Labute approximate surface area is 93.8 Å². The van der Waals surface area contributed by atoms with Crippen molar-refractivity contribution in [2.75, 3.05) is 0 Å². The standard InChI is InChI=1S/C12H16F3N/c1-3-7-10(2)16(15)12(13,14)11-8-5-4-6-9-11/h4-6,8-10H,3,7H2,1-2H3.